The van der Waals surface area contributed by atoms with Crippen molar-refractivity contribution in [3.63, 3.8) is 0 Å². The number of nitrogens with one attached hydrogen (secondary N) is 1. The molecular weight excluding hydrogens is 402 g/mol. The topological polar surface area (TPSA) is 71.5 Å². The van der Waals surface area contributed by atoms with E-state index in [2.05, 4.69) is 23.3 Å². The molecule has 0 aliphatic carbocycles. The molecule has 0 fully saturated rings. The van der Waals surface area contributed by atoms with Crippen LogP contribution in [0.2, 0.25) is 0 Å². The van der Waals surface area contributed by atoms with E-state index < -0.39 is 0 Å². The number of rotatable bonds is 5. The van der Waals surface area contributed by atoms with Gasteiger partial charge >= 0.3 is 5.97 Å². The van der Waals surface area contributed by atoms with Gasteiger partial charge in [0.1, 0.15) is 5.82 Å². The lowest BCUT2D eigenvalue weighted by Gasteiger charge is -2.39. The average Bonchev–Trinajstić information content (AvgIpc) is 2.79. The summed E-state index contributed by atoms with van der Waals surface area (Å²) >= 11 is 0. The van der Waals surface area contributed by atoms with E-state index in [1.165, 1.54) is 0 Å². The molecule has 164 valence electrons. The Hall–Kier alpha value is -3.67. The van der Waals surface area contributed by atoms with E-state index in [9.17, 15) is 9.59 Å². The Morgan fingerprint density at radius 1 is 1.09 bits per heavy atom. The second kappa shape index (κ2) is 9.22. The Labute approximate surface area is 188 Å². The molecular formula is C26H27N3O3. The number of pyridine rings is 1. The summed E-state index contributed by atoms with van der Waals surface area (Å²) in [6.07, 6.45) is 2.54. The highest BCUT2D eigenvalue weighted by Gasteiger charge is 2.32. The second-order valence-corrected chi connectivity index (χ2v) is 7.96. The Bertz CT molecular complexity index is 1110. The number of carbonyl (C=O) groups excluding carboxylic acids is 2. The van der Waals surface area contributed by atoms with Gasteiger partial charge in [0.25, 0.3) is 0 Å². The normalized spacial score (nSPS) is 17.4. The number of hydrogen-bond acceptors (Lipinski definition) is 5. The van der Waals surface area contributed by atoms with Crippen molar-refractivity contribution in [2.24, 2.45) is 0 Å². The van der Waals surface area contributed by atoms with Gasteiger partial charge in [-0.1, -0.05) is 24.3 Å². The highest BCUT2D eigenvalue weighted by atomic mass is 16.5. The molecule has 0 saturated heterocycles. The van der Waals surface area contributed by atoms with E-state index in [0.29, 0.717) is 12.2 Å². The summed E-state index contributed by atoms with van der Waals surface area (Å²) in [6, 6.07) is 19.4. The molecule has 6 heteroatoms. The predicted octanol–water partition coefficient (Wildman–Crippen LogP) is 5.22. The third-order valence-electron chi connectivity index (χ3n) is 5.74. The highest BCUT2D eigenvalue weighted by Crippen LogP contribution is 2.41. The molecule has 6 nitrogen and oxygen atoms in total. The number of nitrogens with zero attached hydrogens (tertiary/aromatic N) is 2. The van der Waals surface area contributed by atoms with Crippen LogP contribution in [0, 0.1) is 0 Å². The summed E-state index contributed by atoms with van der Waals surface area (Å²) in [6.45, 7) is 5.81. The number of fused-ring (bicyclic) bond motifs is 1. The zero-order chi connectivity index (χ0) is 22.7. The minimum Gasteiger partial charge on any atom is -0.462 e. The standard InChI is InChI=1S/C26H27N3O3/c1-4-32-26(31)20-10-8-19(9-11-20)21-12-13-24-22(16-21)23(15-17(2)29(24)18(3)30)28-25-7-5-6-14-27-25/h5-14,16-17,23H,4,15H2,1-3H3,(H,27,28). The highest BCUT2D eigenvalue weighted by molar-refractivity contribution is 5.94. The zero-order valence-corrected chi connectivity index (χ0v) is 18.5. The van der Waals surface area contributed by atoms with Crippen molar-refractivity contribution in [2.75, 3.05) is 16.8 Å². The molecule has 2 atom stereocenters. The van der Waals surface area contributed by atoms with Gasteiger partial charge in [0.2, 0.25) is 5.91 Å². The summed E-state index contributed by atoms with van der Waals surface area (Å²) in [7, 11) is 0. The van der Waals surface area contributed by atoms with Crippen LogP contribution in [0.4, 0.5) is 11.5 Å². The molecule has 1 N–H and O–H groups in total. The number of carbonyl (C=O) groups is 2. The second-order valence-electron chi connectivity index (χ2n) is 7.96. The summed E-state index contributed by atoms with van der Waals surface area (Å²) in [5, 5.41) is 3.53. The van der Waals surface area contributed by atoms with Crippen molar-refractivity contribution < 1.29 is 14.3 Å². The van der Waals surface area contributed by atoms with Gasteiger partial charge in [-0.15, -0.1) is 0 Å². The predicted molar refractivity (Wildman–Crippen MR) is 126 cm³/mol. The van der Waals surface area contributed by atoms with Gasteiger partial charge in [0, 0.05) is 24.8 Å². The molecule has 1 aliphatic rings. The maximum absolute atomic E-state index is 12.4. The van der Waals surface area contributed by atoms with Crippen molar-refractivity contribution in [3.05, 3.63) is 78.0 Å². The van der Waals surface area contributed by atoms with Gasteiger partial charge in [-0.25, -0.2) is 9.78 Å². The quantitative estimate of drug-likeness (QED) is 0.563. The number of anilines is 2. The Kier molecular flexibility index (Phi) is 6.21. The first-order valence-electron chi connectivity index (χ1n) is 10.9. The number of ether oxygens (including phenoxy) is 1. The van der Waals surface area contributed by atoms with Gasteiger partial charge in [0.15, 0.2) is 0 Å². The zero-order valence-electron chi connectivity index (χ0n) is 18.5. The fourth-order valence-electron chi connectivity index (χ4n) is 4.30. The number of aromatic nitrogens is 1. The average molecular weight is 430 g/mol. The molecule has 2 aromatic carbocycles. The lowest BCUT2D eigenvalue weighted by atomic mass is 9.89. The van der Waals surface area contributed by atoms with Crippen molar-refractivity contribution in [3.8, 4) is 11.1 Å². The fourth-order valence-corrected chi connectivity index (χ4v) is 4.30. The van der Waals surface area contributed by atoms with Crippen LogP contribution in [-0.4, -0.2) is 29.5 Å². The molecule has 1 amide bonds. The van der Waals surface area contributed by atoms with Crippen molar-refractivity contribution in [2.45, 2.75) is 39.3 Å². The minimum atomic E-state index is -0.324. The molecule has 1 aromatic heterocycles. The van der Waals surface area contributed by atoms with E-state index in [-0.39, 0.29) is 24.0 Å². The van der Waals surface area contributed by atoms with Crippen LogP contribution < -0.4 is 10.2 Å². The number of hydrogen-bond donors (Lipinski definition) is 1. The number of amides is 1. The van der Waals surface area contributed by atoms with Gasteiger partial charge in [-0.05, 0) is 73.4 Å². The van der Waals surface area contributed by atoms with Crippen LogP contribution in [0.3, 0.4) is 0 Å². The molecule has 32 heavy (non-hydrogen) atoms. The first-order chi connectivity index (χ1) is 15.5. The lowest BCUT2D eigenvalue weighted by Crippen LogP contribution is -2.43. The molecule has 0 bridgehead atoms. The number of benzene rings is 2. The van der Waals surface area contributed by atoms with Crippen molar-refractivity contribution >= 4 is 23.4 Å². The lowest BCUT2D eigenvalue weighted by molar-refractivity contribution is -0.117. The Balaban J connectivity index is 1.71. The smallest absolute Gasteiger partial charge is 0.338 e. The first kappa shape index (κ1) is 21.6. The van der Waals surface area contributed by atoms with Gasteiger partial charge in [0.05, 0.1) is 18.2 Å². The molecule has 3 aromatic rings. The molecule has 0 radical (unpaired) electrons. The van der Waals surface area contributed by atoms with Gasteiger partial charge in [-0.3, -0.25) is 4.79 Å². The first-order valence-corrected chi connectivity index (χ1v) is 10.9. The minimum absolute atomic E-state index is 0.0178. The maximum atomic E-state index is 12.4. The van der Waals surface area contributed by atoms with E-state index >= 15 is 0 Å². The Morgan fingerprint density at radius 3 is 2.50 bits per heavy atom. The summed E-state index contributed by atoms with van der Waals surface area (Å²) < 4.78 is 5.07. The van der Waals surface area contributed by atoms with Crippen molar-refractivity contribution in [1.29, 1.82) is 0 Å². The van der Waals surface area contributed by atoms with E-state index in [1.807, 2.05) is 47.4 Å². The Morgan fingerprint density at radius 2 is 1.84 bits per heavy atom. The molecule has 2 heterocycles. The van der Waals surface area contributed by atoms with Crippen LogP contribution >= 0.6 is 0 Å². The van der Waals surface area contributed by atoms with E-state index in [0.717, 1.165) is 34.6 Å². The third-order valence-corrected chi connectivity index (χ3v) is 5.74. The summed E-state index contributed by atoms with van der Waals surface area (Å²) in [5.41, 5.74) is 4.50. The fraction of sp³-hybridized carbons (Fsp3) is 0.269. The van der Waals surface area contributed by atoms with Crippen molar-refractivity contribution in [1.82, 2.24) is 4.98 Å². The molecule has 4 rings (SSSR count). The molecule has 0 spiro atoms. The van der Waals surface area contributed by atoms with E-state index in [4.69, 9.17) is 4.74 Å². The third kappa shape index (κ3) is 4.35. The van der Waals surface area contributed by atoms with Gasteiger partial charge in [-0.2, -0.15) is 0 Å². The van der Waals surface area contributed by atoms with Crippen LogP contribution in [0.1, 0.15) is 49.2 Å². The van der Waals surface area contributed by atoms with Crippen LogP contribution in [0.25, 0.3) is 11.1 Å². The summed E-state index contributed by atoms with van der Waals surface area (Å²) in [5.74, 6) is 0.507. The van der Waals surface area contributed by atoms with E-state index in [1.54, 1.807) is 32.2 Å². The molecule has 1 aliphatic heterocycles. The number of esters is 1. The summed E-state index contributed by atoms with van der Waals surface area (Å²) in [4.78, 5) is 30.6. The van der Waals surface area contributed by atoms with Crippen LogP contribution in [0.5, 0.6) is 0 Å². The molecule has 2 unspecified atom stereocenters. The van der Waals surface area contributed by atoms with Crippen LogP contribution in [-0.2, 0) is 9.53 Å². The monoisotopic (exact) mass is 429 g/mol. The largest absolute Gasteiger partial charge is 0.462 e. The van der Waals surface area contributed by atoms with Crippen LogP contribution in [0.15, 0.2) is 66.9 Å². The maximum Gasteiger partial charge on any atom is 0.338 e. The van der Waals surface area contributed by atoms with Gasteiger partial charge < -0.3 is 15.0 Å². The molecule has 0 saturated carbocycles. The SMILES string of the molecule is CCOC(=O)c1ccc(-c2ccc3c(c2)C(Nc2ccccn2)CC(C)N3C(C)=O)cc1.